The van der Waals surface area contributed by atoms with Crippen LogP contribution in [0.1, 0.15) is 64.2 Å². The molecule has 2 N–H and O–H groups in total. The maximum Gasteiger partial charge on any atom is 0.226 e. The lowest BCUT2D eigenvalue weighted by Gasteiger charge is -2.33. The molecule has 2 bridgehead atoms. The molecule has 22 heavy (non-hydrogen) atoms. The van der Waals surface area contributed by atoms with E-state index in [4.69, 9.17) is 5.73 Å². The monoisotopic (exact) mass is 304 g/mol. The predicted octanol–water partition coefficient (Wildman–Crippen LogP) is 3.18. The van der Waals surface area contributed by atoms with E-state index in [1.54, 1.807) is 0 Å². The van der Waals surface area contributed by atoms with Gasteiger partial charge in [-0.25, -0.2) is 0 Å². The first kappa shape index (κ1) is 15.0. The molecule has 3 saturated carbocycles. The average molecular weight is 304 g/mol. The maximum absolute atomic E-state index is 13.0. The van der Waals surface area contributed by atoms with Gasteiger partial charge in [0.05, 0.1) is 0 Å². The Morgan fingerprint density at radius 2 is 1.91 bits per heavy atom. The van der Waals surface area contributed by atoms with Gasteiger partial charge in [0.1, 0.15) is 0 Å². The van der Waals surface area contributed by atoms with Gasteiger partial charge in [0.2, 0.25) is 5.91 Å². The van der Waals surface area contributed by atoms with Crippen LogP contribution in [0.3, 0.4) is 0 Å². The Balaban J connectivity index is 1.39. The van der Waals surface area contributed by atoms with Crippen LogP contribution in [-0.4, -0.2) is 29.9 Å². The second-order valence-corrected chi connectivity index (χ2v) is 8.53. The van der Waals surface area contributed by atoms with Gasteiger partial charge in [0.15, 0.2) is 0 Å². The largest absolute Gasteiger partial charge is 0.339 e. The van der Waals surface area contributed by atoms with Crippen LogP contribution in [0, 0.1) is 29.6 Å². The number of nitrogens with zero attached hydrogens (tertiary/aromatic N) is 1. The molecule has 0 aromatic heterocycles. The third-order valence-electron chi connectivity index (χ3n) is 7.40. The Labute approximate surface area is 135 Å². The topological polar surface area (TPSA) is 46.3 Å². The van der Waals surface area contributed by atoms with Gasteiger partial charge in [-0.3, -0.25) is 4.79 Å². The highest BCUT2D eigenvalue weighted by atomic mass is 16.2. The maximum atomic E-state index is 13.0. The Morgan fingerprint density at radius 3 is 2.64 bits per heavy atom. The van der Waals surface area contributed by atoms with E-state index < -0.39 is 0 Å². The minimum atomic E-state index is 0.241. The SMILES string of the molecule is NC[C@H]1CCC[C@H]1C(=O)N1CCCC1CC1CC2CCC1C2. The van der Waals surface area contributed by atoms with Gasteiger partial charge in [0.25, 0.3) is 0 Å². The third-order valence-corrected chi connectivity index (χ3v) is 7.40. The number of hydrogen-bond acceptors (Lipinski definition) is 2. The van der Waals surface area contributed by atoms with Crippen molar-refractivity contribution in [1.29, 1.82) is 0 Å². The zero-order chi connectivity index (χ0) is 15.1. The van der Waals surface area contributed by atoms with Crippen molar-refractivity contribution in [2.24, 2.45) is 35.3 Å². The Hall–Kier alpha value is -0.570. The second kappa shape index (κ2) is 6.14. The van der Waals surface area contributed by atoms with Crippen LogP contribution in [0.4, 0.5) is 0 Å². The molecule has 124 valence electrons. The van der Waals surface area contributed by atoms with E-state index in [1.807, 2.05) is 0 Å². The molecule has 1 saturated heterocycles. The number of carbonyl (C=O) groups is 1. The quantitative estimate of drug-likeness (QED) is 0.867. The summed E-state index contributed by atoms with van der Waals surface area (Å²) in [5.41, 5.74) is 5.90. The van der Waals surface area contributed by atoms with E-state index in [2.05, 4.69) is 4.90 Å². The van der Waals surface area contributed by atoms with Crippen LogP contribution >= 0.6 is 0 Å². The smallest absolute Gasteiger partial charge is 0.226 e. The summed E-state index contributed by atoms with van der Waals surface area (Å²) in [5, 5.41) is 0. The molecule has 3 nitrogen and oxygen atoms in total. The lowest BCUT2D eigenvalue weighted by atomic mass is 9.83. The van der Waals surface area contributed by atoms with E-state index in [1.165, 1.54) is 51.4 Å². The lowest BCUT2D eigenvalue weighted by molar-refractivity contribution is -0.137. The molecule has 3 heteroatoms. The van der Waals surface area contributed by atoms with E-state index >= 15 is 0 Å². The zero-order valence-corrected chi connectivity index (χ0v) is 13.9. The van der Waals surface area contributed by atoms with Crippen LogP contribution in [0.5, 0.6) is 0 Å². The van der Waals surface area contributed by atoms with Crippen molar-refractivity contribution in [2.45, 2.75) is 70.3 Å². The molecule has 6 atom stereocenters. The van der Waals surface area contributed by atoms with Crippen LogP contribution in [-0.2, 0) is 4.79 Å². The molecule has 4 fully saturated rings. The standard InChI is InChI=1S/C19H32N2O/c20-12-15-3-1-5-18(15)19(22)21-8-2-4-17(21)11-16-10-13-6-7-14(16)9-13/h13-18H,1-12,20H2/t13?,14?,15-,16?,17?,18-/m1/s1. The number of nitrogens with two attached hydrogens (primary N) is 1. The first-order valence-corrected chi connectivity index (χ1v) is 9.76. The first-order valence-electron chi connectivity index (χ1n) is 9.76. The molecule has 1 aliphatic heterocycles. The zero-order valence-electron chi connectivity index (χ0n) is 13.9. The highest BCUT2D eigenvalue weighted by Crippen LogP contribution is 2.50. The van der Waals surface area contributed by atoms with Crippen molar-refractivity contribution in [1.82, 2.24) is 4.90 Å². The molecule has 1 amide bonds. The van der Waals surface area contributed by atoms with E-state index in [-0.39, 0.29) is 5.92 Å². The predicted molar refractivity (Wildman–Crippen MR) is 88.2 cm³/mol. The lowest BCUT2D eigenvalue weighted by Crippen LogP contribution is -2.42. The molecular weight excluding hydrogens is 272 g/mol. The highest BCUT2D eigenvalue weighted by molar-refractivity contribution is 5.80. The summed E-state index contributed by atoms with van der Waals surface area (Å²) in [5.74, 6) is 4.09. The van der Waals surface area contributed by atoms with Crippen molar-refractivity contribution < 1.29 is 4.79 Å². The molecule has 0 aromatic rings. The van der Waals surface area contributed by atoms with Crippen LogP contribution < -0.4 is 5.73 Å². The molecule has 4 unspecified atom stereocenters. The molecule has 4 rings (SSSR count). The van der Waals surface area contributed by atoms with Crippen LogP contribution in [0.15, 0.2) is 0 Å². The van der Waals surface area contributed by atoms with Gasteiger partial charge >= 0.3 is 0 Å². The fraction of sp³-hybridized carbons (Fsp3) is 0.947. The van der Waals surface area contributed by atoms with Gasteiger partial charge < -0.3 is 10.6 Å². The average Bonchev–Trinajstić information content (AvgIpc) is 3.30. The fourth-order valence-electron chi connectivity index (χ4n) is 6.24. The number of likely N-dealkylation sites (tertiary alicyclic amines) is 1. The molecule has 4 aliphatic rings. The Morgan fingerprint density at radius 1 is 1.00 bits per heavy atom. The first-order chi connectivity index (χ1) is 10.8. The van der Waals surface area contributed by atoms with Crippen molar-refractivity contribution in [3.05, 3.63) is 0 Å². The van der Waals surface area contributed by atoms with Crippen LogP contribution in [0.25, 0.3) is 0 Å². The van der Waals surface area contributed by atoms with Crippen LogP contribution in [0.2, 0.25) is 0 Å². The Bertz CT molecular complexity index is 424. The van der Waals surface area contributed by atoms with Crippen molar-refractivity contribution in [3.8, 4) is 0 Å². The van der Waals surface area contributed by atoms with Gasteiger partial charge in [-0.2, -0.15) is 0 Å². The number of hydrogen-bond donors (Lipinski definition) is 1. The second-order valence-electron chi connectivity index (χ2n) is 8.53. The van der Waals surface area contributed by atoms with E-state index in [0.717, 1.165) is 37.1 Å². The highest BCUT2D eigenvalue weighted by Gasteiger charge is 2.43. The van der Waals surface area contributed by atoms with Gasteiger partial charge in [-0.1, -0.05) is 12.8 Å². The van der Waals surface area contributed by atoms with E-state index in [0.29, 0.717) is 24.4 Å². The molecule has 1 heterocycles. The molecule has 3 aliphatic carbocycles. The Kier molecular flexibility index (Phi) is 4.19. The van der Waals surface area contributed by atoms with Crippen molar-refractivity contribution in [3.63, 3.8) is 0 Å². The molecule has 0 spiro atoms. The minimum Gasteiger partial charge on any atom is -0.339 e. The number of rotatable bonds is 4. The summed E-state index contributed by atoms with van der Waals surface area (Å²) < 4.78 is 0. The summed E-state index contributed by atoms with van der Waals surface area (Å²) in [4.78, 5) is 15.3. The summed E-state index contributed by atoms with van der Waals surface area (Å²) in [6.45, 7) is 1.71. The minimum absolute atomic E-state index is 0.241. The summed E-state index contributed by atoms with van der Waals surface area (Å²) in [7, 11) is 0. The van der Waals surface area contributed by atoms with Crippen molar-refractivity contribution >= 4 is 5.91 Å². The molecule has 0 aromatic carbocycles. The van der Waals surface area contributed by atoms with Crippen molar-refractivity contribution in [2.75, 3.05) is 13.1 Å². The summed E-state index contributed by atoms with van der Waals surface area (Å²) in [6.07, 6.45) is 13.1. The van der Waals surface area contributed by atoms with Gasteiger partial charge in [0, 0.05) is 18.5 Å². The van der Waals surface area contributed by atoms with Gasteiger partial charge in [-0.15, -0.1) is 0 Å². The normalized spacial score (nSPS) is 44.1. The number of amides is 1. The molecule has 0 radical (unpaired) electrons. The number of fused-ring (bicyclic) bond motifs is 2. The van der Waals surface area contributed by atoms with Gasteiger partial charge in [-0.05, 0) is 81.6 Å². The fourth-order valence-corrected chi connectivity index (χ4v) is 6.24. The third kappa shape index (κ3) is 2.60. The summed E-state index contributed by atoms with van der Waals surface area (Å²) >= 11 is 0. The number of carbonyl (C=O) groups excluding carboxylic acids is 1. The summed E-state index contributed by atoms with van der Waals surface area (Å²) in [6, 6.07) is 0.552. The van der Waals surface area contributed by atoms with E-state index in [9.17, 15) is 4.79 Å². The molecular formula is C19H32N2O.